The van der Waals surface area contributed by atoms with E-state index in [2.05, 4.69) is 5.32 Å². The molecule has 3 rings (SSSR count). The summed E-state index contributed by atoms with van der Waals surface area (Å²) >= 11 is 0. The molecule has 2 aliphatic rings. The molecular formula is C14H17NO2. The molecule has 90 valence electrons. The predicted octanol–water partition coefficient (Wildman–Crippen LogP) is 2.43. The average molecular weight is 231 g/mol. The quantitative estimate of drug-likeness (QED) is 0.744. The van der Waals surface area contributed by atoms with Crippen LogP contribution in [0.25, 0.3) is 0 Å². The molecule has 0 saturated heterocycles. The van der Waals surface area contributed by atoms with Gasteiger partial charge in [0.2, 0.25) is 0 Å². The zero-order valence-corrected chi connectivity index (χ0v) is 10.0. The maximum absolute atomic E-state index is 12.2. The summed E-state index contributed by atoms with van der Waals surface area (Å²) in [5, 5.41) is 3.11. The Morgan fingerprint density at radius 1 is 1.29 bits per heavy atom. The summed E-state index contributed by atoms with van der Waals surface area (Å²) in [5.74, 6) is 0.768. The van der Waals surface area contributed by atoms with E-state index in [1.807, 2.05) is 25.1 Å². The minimum atomic E-state index is 0.0208. The lowest BCUT2D eigenvalue weighted by molar-refractivity contribution is 0.0869. The number of rotatable bonds is 0. The minimum absolute atomic E-state index is 0.0208. The lowest BCUT2D eigenvalue weighted by atomic mass is 9.92. The molecule has 1 aliphatic carbocycles. The van der Waals surface area contributed by atoms with Crippen molar-refractivity contribution >= 4 is 5.91 Å². The highest BCUT2D eigenvalue weighted by molar-refractivity contribution is 5.98. The number of fused-ring (bicyclic) bond motifs is 2. The molecule has 0 radical (unpaired) electrons. The van der Waals surface area contributed by atoms with Crippen molar-refractivity contribution in [2.24, 2.45) is 0 Å². The van der Waals surface area contributed by atoms with E-state index in [0.717, 1.165) is 24.2 Å². The minimum Gasteiger partial charge on any atom is -0.487 e. The number of carbonyl (C=O) groups is 1. The van der Waals surface area contributed by atoms with Crippen molar-refractivity contribution < 1.29 is 9.53 Å². The zero-order valence-electron chi connectivity index (χ0n) is 10.0. The van der Waals surface area contributed by atoms with Crippen LogP contribution < -0.4 is 10.1 Å². The Kier molecular flexibility index (Phi) is 2.54. The van der Waals surface area contributed by atoms with Crippen molar-refractivity contribution in [3.63, 3.8) is 0 Å². The summed E-state index contributed by atoms with van der Waals surface area (Å²) in [4.78, 5) is 12.2. The van der Waals surface area contributed by atoms with Crippen LogP contribution in [0.1, 0.15) is 41.6 Å². The van der Waals surface area contributed by atoms with Crippen molar-refractivity contribution in [1.29, 1.82) is 0 Å². The lowest BCUT2D eigenvalue weighted by Crippen LogP contribution is -2.45. The van der Waals surface area contributed by atoms with Gasteiger partial charge in [-0.3, -0.25) is 4.79 Å². The first-order valence-electron chi connectivity index (χ1n) is 6.33. The molecule has 3 heteroatoms. The number of aryl methyl sites for hydroxylation is 1. The SMILES string of the molecule is Cc1cccc2c1C(=O)N[C@H]1CCCC[C@@H]1O2. The zero-order chi connectivity index (χ0) is 11.8. The lowest BCUT2D eigenvalue weighted by Gasteiger charge is -2.29. The van der Waals surface area contributed by atoms with Crippen molar-refractivity contribution in [3.8, 4) is 5.75 Å². The summed E-state index contributed by atoms with van der Waals surface area (Å²) in [7, 11) is 0. The number of amides is 1. The number of hydrogen-bond acceptors (Lipinski definition) is 2. The Labute approximate surface area is 101 Å². The Bertz CT molecular complexity index is 456. The second-order valence-corrected chi connectivity index (χ2v) is 4.97. The van der Waals surface area contributed by atoms with Crippen molar-refractivity contribution in [1.82, 2.24) is 5.32 Å². The molecule has 2 atom stereocenters. The number of benzene rings is 1. The summed E-state index contributed by atoms with van der Waals surface area (Å²) in [6.07, 6.45) is 4.59. The van der Waals surface area contributed by atoms with Crippen LogP contribution in [0.3, 0.4) is 0 Å². The maximum Gasteiger partial charge on any atom is 0.255 e. The van der Waals surface area contributed by atoms with E-state index in [0.29, 0.717) is 5.56 Å². The van der Waals surface area contributed by atoms with Crippen LogP contribution in [-0.4, -0.2) is 18.1 Å². The fourth-order valence-electron chi connectivity index (χ4n) is 2.84. The van der Waals surface area contributed by atoms with Crippen molar-refractivity contribution in [2.45, 2.75) is 44.8 Å². The summed E-state index contributed by atoms with van der Waals surface area (Å²) in [6.45, 7) is 1.96. The number of nitrogens with one attached hydrogen (secondary N) is 1. The molecule has 0 aromatic heterocycles. The fourth-order valence-corrected chi connectivity index (χ4v) is 2.84. The third-order valence-electron chi connectivity index (χ3n) is 3.76. The first kappa shape index (κ1) is 10.6. The van der Waals surface area contributed by atoms with Crippen LogP contribution in [0.4, 0.5) is 0 Å². The molecule has 17 heavy (non-hydrogen) atoms. The number of carbonyl (C=O) groups excluding carboxylic acids is 1. The van der Waals surface area contributed by atoms with Gasteiger partial charge in [-0.25, -0.2) is 0 Å². The molecule has 1 N–H and O–H groups in total. The van der Waals surface area contributed by atoms with Gasteiger partial charge in [-0.15, -0.1) is 0 Å². The maximum atomic E-state index is 12.2. The molecule has 0 bridgehead atoms. The second kappa shape index (κ2) is 4.06. The van der Waals surface area contributed by atoms with Crippen LogP contribution in [0.15, 0.2) is 18.2 Å². The summed E-state index contributed by atoms with van der Waals surface area (Å²) in [6, 6.07) is 5.99. The third kappa shape index (κ3) is 1.79. The van der Waals surface area contributed by atoms with Gasteiger partial charge in [-0.05, 0) is 37.8 Å². The molecule has 1 fully saturated rings. The van der Waals surface area contributed by atoms with Crippen LogP contribution in [0.5, 0.6) is 5.75 Å². The van der Waals surface area contributed by atoms with Gasteiger partial charge in [-0.1, -0.05) is 18.6 Å². The van der Waals surface area contributed by atoms with Crippen LogP contribution in [0.2, 0.25) is 0 Å². The topological polar surface area (TPSA) is 38.3 Å². The van der Waals surface area contributed by atoms with Crippen LogP contribution in [-0.2, 0) is 0 Å². The van der Waals surface area contributed by atoms with Gasteiger partial charge in [0.15, 0.2) is 0 Å². The van der Waals surface area contributed by atoms with E-state index in [4.69, 9.17) is 4.74 Å². The van der Waals surface area contributed by atoms with Crippen molar-refractivity contribution in [2.75, 3.05) is 0 Å². The Morgan fingerprint density at radius 3 is 3.00 bits per heavy atom. The van der Waals surface area contributed by atoms with E-state index in [1.54, 1.807) is 0 Å². The molecule has 1 heterocycles. The molecule has 1 aromatic rings. The molecule has 1 saturated carbocycles. The average Bonchev–Trinajstić information content (AvgIpc) is 2.45. The van der Waals surface area contributed by atoms with Gasteiger partial charge >= 0.3 is 0 Å². The normalized spacial score (nSPS) is 27.2. The highest BCUT2D eigenvalue weighted by Crippen LogP contribution is 2.31. The molecule has 1 aliphatic heterocycles. The van der Waals surface area contributed by atoms with E-state index in [9.17, 15) is 4.79 Å². The molecule has 1 aromatic carbocycles. The first-order chi connectivity index (χ1) is 8.25. The van der Waals surface area contributed by atoms with Gasteiger partial charge in [0, 0.05) is 0 Å². The Hall–Kier alpha value is -1.51. The van der Waals surface area contributed by atoms with Gasteiger partial charge in [0.05, 0.1) is 11.6 Å². The highest BCUT2D eigenvalue weighted by Gasteiger charge is 2.33. The standard InChI is InChI=1S/C14H17NO2/c1-9-5-4-8-12-13(9)14(16)15-10-6-2-3-7-11(10)17-12/h4-5,8,10-11H,2-3,6-7H2,1H3,(H,15,16)/t10-,11-/m0/s1. The smallest absolute Gasteiger partial charge is 0.255 e. The molecule has 0 spiro atoms. The fraction of sp³-hybridized carbons (Fsp3) is 0.500. The monoisotopic (exact) mass is 231 g/mol. The van der Waals surface area contributed by atoms with E-state index < -0.39 is 0 Å². The molecule has 0 unspecified atom stereocenters. The molecule has 1 amide bonds. The van der Waals surface area contributed by atoms with Gasteiger partial charge in [0.25, 0.3) is 5.91 Å². The number of hydrogen-bond donors (Lipinski definition) is 1. The predicted molar refractivity (Wildman–Crippen MR) is 65.3 cm³/mol. The van der Waals surface area contributed by atoms with E-state index >= 15 is 0 Å². The number of ether oxygens (including phenoxy) is 1. The van der Waals surface area contributed by atoms with Crippen LogP contribution >= 0.6 is 0 Å². The summed E-state index contributed by atoms with van der Waals surface area (Å²) in [5.41, 5.74) is 1.69. The third-order valence-corrected chi connectivity index (χ3v) is 3.76. The second-order valence-electron chi connectivity index (χ2n) is 4.97. The van der Waals surface area contributed by atoms with Gasteiger partial charge < -0.3 is 10.1 Å². The van der Waals surface area contributed by atoms with Gasteiger partial charge in [-0.2, -0.15) is 0 Å². The van der Waals surface area contributed by atoms with Crippen molar-refractivity contribution in [3.05, 3.63) is 29.3 Å². The highest BCUT2D eigenvalue weighted by atomic mass is 16.5. The molecular weight excluding hydrogens is 214 g/mol. The van der Waals surface area contributed by atoms with E-state index in [-0.39, 0.29) is 18.1 Å². The Balaban J connectivity index is 2.02. The first-order valence-corrected chi connectivity index (χ1v) is 6.33. The largest absolute Gasteiger partial charge is 0.487 e. The van der Waals surface area contributed by atoms with Crippen LogP contribution in [0, 0.1) is 6.92 Å². The Morgan fingerprint density at radius 2 is 2.12 bits per heavy atom. The summed E-state index contributed by atoms with van der Waals surface area (Å²) < 4.78 is 6.03. The van der Waals surface area contributed by atoms with Gasteiger partial charge in [0.1, 0.15) is 11.9 Å². The molecule has 3 nitrogen and oxygen atoms in total. The van der Waals surface area contributed by atoms with E-state index in [1.165, 1.54) is 12.8 Å².